The van der Waals surface area contributed by atoms with Gasteiger partial charge in [-0.05, 0) is 12.1 Å². The summed E-state index contributed by atoms with van der Waals surface area (Å²) in [4.78, 5) is 22.4. The number of halogens is 2. The molecule has 0 heterocycles. The summed E-state index contributed by atoms with van der Waals surface area (Å²) in [6.45, 7) is 3.27. The van der Waals surface area contributed by atoms with Crippen LogP contribution in [0.2, 0.25) is 5.02 Å². The highest BCUT2D eigenvalue weighted by Crippen LogP contribution is 2.20. The Bertz CT molecular complexity index is 494. The maximum atomic E-state index is 12.9. The minimum atomic E-state index is -0.648. The van der Waals surface area contributed by atoms with Crippen molar-refractivity contribution in [3.05, 3.63) is 41.7 Å². The zero-order chi connectivity index (χ0) is 14.3. The van der Waals surface area contributed by atoms with Crippen LogP contribution in [0.1, 0.15) is 0 Å². The van der Waals surface area contributed by atoms with Crippen LogP contribution in [0.5, 0.6) is 5.75 Å². The molecule has 0 aliphatic heterocycles. The van der Waals surface area contributed by atoms with Crippen molar-refractivity contribution < 1.29 is 18.7 Å². The minimum Gasteiger partial charge on any atom is -0.484 e. The van der Waals surface area contributed by atoms with E-state index in [1.165, 1.54) is 18.2 Å². The molecule has 19 heavy (non-hydrogen) atoms. The summed E-state index contributed by atoms with van der Waals surface area (Å²) in [5.74, 6) is -0.989. The van der Waals surface area contributed by atoms with Crippen LogP contribution < -0.4 is 15.4 Å². The second-order valence-electron chi connectivity index (χ2n) is 3.41. The zero-order valence-electron chi connectivity index (χ0n) is 9.91. The second kappa shape index (κ2) is 7.38. The van der Waals surface area contributed by atoms with E-state index >= 15 is 0 Å². The molecule has 3 amide bonds. The van der Waals surface area contributed by atoms with E-state index in [0.717, 1.165) is 6.07 Å². The normalized spacial score (nSPS) is 9.58. The molecular weight excluding hydrogens is 275 g/mol. The van der Waals surface area contributed by atoms with Gasteiger partial charge in [0, 0.05) is 12.6 Å². The first-order valence-electron chi connectivity index (χ1n) is 5.29. The van der Waals surface area contributed by atoms with Crippen LogP contribution in [0.3, 0.4) is 0 Å². The van der Waals surface area contributed by atoms with Crippen molar-refractivity contribution in [2.45, 2.75) is 0 Å². The van der Waals surface area contributed by atoms with Crippen LogP contribution >= 0.6 is 11.6 Å². The van der Waals surface area contributed by atoms with Gasteiger partial charge in [-0.15, -0.1) is 6.58 Å². The minimum absolute atomic E-state index is 0.110. The number of rotatable bonds is 5. The van der Waals surface area contributed by atoms with Crippen LogP contribution in [0.15, 0.2) is 30.9 Å². The number of imide groups is 1. The smallest absolute Gasteiger partial charge is 0.321 e. The largest absolute Gasteiger partial charge is 0.484 e. The number of carbonyl (C=O) groups is 2. The fraction of sp³-hybridized carbons (Fsp3) is 0.167. The summed E-state index contributed by atoms with van der Waals surface area (Å²) >= 11 is 5.54. The highest BCUT2D eigenvalue weighted by molar-refractivity contribution is 6.30. The van der Waals surface area contributed by atoms with Crippen molar-refractivity contribution in [3.63, 3.8) is 0 Å². The Balaban J connectivity index is 2.39. The van der Waals surface area contributed by atoms with Crippen LogP contribution in [0.4, 0.5) is 9.18 Å². The van der Waals surface area contributed by atoms with E-state index in [1.807, 2.05) is 5.32 Å². The Kier molecular flexibility index (Phi) is 5.81. The summed E-state index contributed by atoms with van der Waals surface area (Å²) in [6, 6.07) is 3.03. The highest BCUT2D eigenvalue weighted by atomic mass is 35.5. The maximum absolute atomic E-state index is 12.9. The molecule has 102 valence electrons. The summed E-state index contributed by atoms with van der Waals surface area (Å²) in [5, 5.41) is 4.30. The molecule has 0 spiro atoms. The van der Waals surface area contributed by atoms with Crippen molar-refractivity contribution in [1.82, 2.24) is 10.6 Å². The van der Waals surface area contributed by atoms with E-state index in [1.54, 1.807) is 0 Å². The van der Waals surface area contributed by atoms with Gasteiger partial charge in [0.25, 0.3) is 5.91 Å². The summed E-state index contributed by atoms with van der Waals surface area (Å²) in [7, 11) is 0. The lowest BCUT2D eigenvalue weighted by atomic mass is 10.3. The molecule has 0 unspecified atom stereocenters. The molecule has 1 aromatic rings. The molecule has 0 aliphatic carbocycles. The number of urea groups is 1. The first kappa shape index (κ1) is 15.0. The average molecular weight is 287 g/mol. The molecule has 1 aromatic carbocycles. The molecule has 5 nitrogen and oxygen atoms in total. The lowest BCUT2D eigenvalue weighted by Crippen LogP contribution is -2.41. The van der Waals surface area contributed by atoms with Crippen molar-refractivity contribution >= 4 is 23.5 Å². The molecule has 0 aromatic heterocycles. The predicted molar refractivity (Wildman–Crippen MR) is 68.6 cm³/mol. The van der Waals surface area contributed by atoms with Gasteiger partial charge in [0.15, 0.2) is 6.61 Å². The lowest BCUT2D eigenvalue weighted by molar-refractivity contribution is -0.122. The monoisotopic (exact) mass is 286 g/mol. The fourth-order valence-corrected chi connectivity index (χ4v) is 1.26. The van der Waals surface area contributed by atoms with Crippen molar-refractivity contribution in [3.8, 4) is 5.75 Å². The number of benzene rings is 1. The summed E-state index contributed by atoms with van der Waals surface area (Å²) in [5.41, 5.74) is 0. The molecule has 0 bridgehead atoms. The topological polar surface area (TPSA) is 67.4 Å². The lowest BCUT2D eigenvalue weighted by Gasteiger charge is -2.07. The predicted octanol–water partition coefficient (Wildman–Crippen LogP) is 1.87. The van der Waals surface area contributed by atoms with Crippen molar-refractivity contribution in [2.75, 3.05) is 13.2 Å². The van der Waals surface area contributed by atoms with E-state index in [2.05, 4.69) is 11.9 Å². The molecule has 0 saturated heterocycles. The third kappa shape index (κ3) is 5.39. The number of nitrogens with one attached hydrogen (secondary N) is 2. The molecule has 2 N–H and O–H groups in total. The summed E-state index contributed by atoms with van der Waals surface area (Å²) in [6.07, 6.45) is 1.47. The first-order valence-corrected chi connectivity index (χ1v) is 5.67. The second-order valence-corrected chi connectivity index (χ2v) is 3.82. The zero-order valence-corrected chi connectivity index (χ0v) is 10.7. The Labute approximate surface area is 114 Å². The third-order valence-electron chi connectivity index (χ3n) is 1.92. The number of hydrogen-bond acceptors (Lipinski definition) is 3. The fourth-order valence-electron chi connectivity index (χ4n) is 1.09. The van der Waals surface area contributed by atoms with E-state index in [9.17, 15) is 14.0 Å². The van der Waals surface area contributed by atoms with Gasteiger partial charge < -0.3 is 10.1 Å². The van der Waals surface area contributed by atoms with Crippen LogP contribution in [0, 0.1) is 5.82 Å². The van der Waals surface area contributed by atoms with E-state index in [-0.39, 0.29) is 23.9 Å². The number of carbonyl (C=O) groups excluding carboxylic acids is 2. The molecule has 0 radical (unpaired) electrons. The first-order chi connectivity index (χ1) is 9.02. The SMILES string of the molecule is C=CCNC(=O)NC(=O)COc1ccc(F)c(Cl)c1. The number of hydrogen-bond donors (Lipinski definition) is 2. The Morgan fingerprint density at radius 1 is 1.47 bits per heavy atom. The Morgan fingerprint density at radius 2 is 2.21 bits per heavy atom. The molecule has 0 aliphatic rings. The van der Waals surface area contributed by atoms with Crippen LogP contribution in [0.25, 0.3) is 0 Å². The number of amides is 3. The quantitative estimate of drug-likeness (QED) is 0.812. The van der Waals surface area contributed by atoms with Gasteiger partial charge in [0.1, 0.15) is 11.6 Å². The van der Waals surface area contributed by atoms with Crippen LogP contribution in [-0.4, -0.2) is 25.1 Å². The van der Waals surface area contributed by atoms with Crippen molar-refractivity contribution in [1.29, 1.82) is 0 Å². The maximum Gasteiger partial charge on any atom is 0.321 e. The molecule has 1 rings (SSSR count). The van der Waals surface area contributed by atoms with Crippen LogP contribution in [-0.2, 0) is 4.79 Å². The van der Waals surface area contributed by atoms with Gasteiger partial charge in [0.2, 0.25) is 0 Å². The highest BCUT2D eigenvalue weighted by Gasteiger charge is 2.08. The third-order valence-corrected chi connectivity index (χ3v) is 2.21. The molecule has 0 fully saturated rings. The van der Waals surface area contributed by atoms with Gasteiger partial charge in [-0.25, -0.2) is 9.18 Å². The Morgan fingerprint density at radius 3 is 2.84 bits per heavy atom. The number of ether oxygens (including phenoxy) is 1. The van der Waals surface area contributed by atoms with E-state index in [4.69, 9.17) is 16.3 Å². The van der Waals surface area contributed by atoms with E-state index < -0.39 is 17.8 Å². The van der Waals surface area contributed by atoms with Gasteiger partial charge in [-0.3, -0.25) is 10.1 Å². The van der Waals surface area contributed by atoms with E-state index in [0.29, 0.717) is 0 Å². The standard InChI is InChI=1S/C12H12ClFN2O3/c1-2-5-15-12(18)16-11(17)7-19-8-3-4-10(14)9(13)6-8/h2-4,6H,1,5,7H2,(H2,15,16,17,18). The molecular formula is C12H12ClFN2O3. The van der Waals surface area contributed by atoms with Gasteiger partial charge >= 0.3 is 6.03 Å². The van der Waals surface area contributed by atoms with Crippen molar-refractivity contribution in [2.24, 2.45) is 0 Å². The Hall–Kier alpha value is -2.08. The molecule has 0 saturated carbocycles. The molecule has 0 atom stereocenters. The van der Waals surface area contributed by atoms with Gasteiger partial charge in [0.05, 0.1) is 5.02 Å². The van der Waals surface area contributed by atoms with Gasteiger partial charge in [-0.2, -0.15) is 0 Å². The summed E-state index contributed by atoms with van der Waals surface area (Å²) < 4.78 is 17.9. The average Bonchev–Trinajstić information content (AvgIpc) is 2.38. The molecule has 7 heteroatoms. The van der Waals surface area contributed by atoms with Gasteiger partial charge in [-0.1, -0.05) is 17.7 Å².